The number of halogens is 2. The number of aromatic nitrogens is 1. The molecule has 0 radical (unpaired) electrons. The quantitative estimate of drug-likeness (QED) is 0.294. The molecular weight excluding hydrogens is 433 g/mol. The fraction of sp³-hybridized carbons (Fsp3) is 0.0833. The van der Waals surface area contributed by atoms with E-state index in [1.165, 1.54) is 0 Å². The van der Waals surface area contributed by atoms with Gasteiger partial charge in [-0.05, 0) is 55.0 Å². The van der Waals surface area contributed by atoms with Gasteiger partial charge in [-0.25, -0.2) is 5.43 Å². The van der Waals surface area contributed by atoms with Crippen molar-refractivity contribution in [3.8, 4) is 11.4 Å². The van der Waals surface area contributed by atoms with Crippen LogP contribution in [0.1, 0.15) is 27.3 Å². The van der Waals surface area contributed by atoms with Gasteiger partial charge >= 0.3 is 0 Å². The fourth-order valence-electron chi connectivity index (χ4n) is 3.58. The lowest BCUT2D eigenvalue weighted by Crippen LogP contribution is -2.17. The van der Waals surface area contributed by atoms with Gasteiger partial charge in [0.1, 0.15) is 5.75 Å². The van der Waals surface area contributed by atoms with Crippen LogP contribution in [0.3, 0.4) is 0 Å². The molecule has 0 saturated carbocycles. The first kappa shape index (κ1) is 21.0. The molecule has 1 aromatic heterocycles. The Kier molecular flexibility index (Phi) is 5.72. The SMILES string of the molecule is Cc1cc(/C=N/NC(=O)c2cc3ccccc3cc2O)c(C)n1-c1cccc(Cl)c1Cl. The van der Waals surface area contributed by atoms with Crippen LogP contribution in [-0.4, -0.2) is 21.8 Å². The zero-order chi connectivity index (χ0) is 22.1. The molecule has 1 amide bonds. The van der Waals surface area contributed by atoms with E-state index in [0.717, 1.165) is 33.4 Å². The molecule has 4 aromatic rings. The summed E-state index contributed by atoms with van der Waals surface area (Å²) < 4.78 is 1.98. The number of hydrazone groups is 1. The van der Waals surface area contributed by atoms with Crippen LogP contribution in [0, 0.1) is 13.8 Å². The first-order valence-electron chi connectivity index (χ1n) is 9.55. The van der Waals surface area contributed by atoms with E-state index in [4.69, 9.17) is 23.2 Å². The Morgan fingerprint density at radius 2 is 1.74 bits per heavy atom. The molecule has 0 fully saturated rings. The topological polar surface area (TPSA) is 66.6 Å². The number of rotatable bonds is 4. The van der Waals surface area contributed by atoms with Crippen molar-refractivity contribution < 1.29 is 9.90 Å². The van der Waals surface area contributed by atoms with Crippen LogP contribution in [0.15, 0.2) is 65.8 Å². The molecule has 2 N–H and O–H groups in total. The van der Waals surface area contributed by atoms with Crippen LogP contribution in [0.25, 0.3) is 16.5 Å². The average Bonchev–Trinajstić information content (AvgIpc) is 3.02. The summed E-state index contributed by atoms with van der Waals surface area (Å²) in [5, 5.41) is 16.9. The first-order chi connectivity index (χ1) is 14.9. The van der Waals surface area contributed by atoms with Crippen molar-refractivity contribution in [3.63, 3.8) is 0 Å². The van der Waals surface area contributed by atoms with Crippen molar-refractivity contribution >= 4 is 46.1 Å². The van der Waals surface area contributed by atoms with Crippen LogP contribution >= 0.6 is 23.2 Å². The number of aromatic hydroxyl groups is 1. The second kappa shape index (κ2) is 8.46. The number of carbonyl (C=O) groups is 1. The van der Waals surface area contributed by atoms with E-state index >= 15 is 0 Å². The van der Waals surface area contributed by atoms with E-state index in [0.29, 0.717) is 10.0 Å². The Balaban J connectivity index is 1.58. The van der Waals surface area contributed by atoms with Crippen LogP contribution in [0.4, 0.5) is 0 Å². The van der Waals surface area contributed by atoms with Crippen molar-refractivity contribution in [2.75, 3.05) is 0 Å². The number of nitrogens with one attached hydrogen (secondary N) is 1. The lowest BCUT2D eigenvalue weighted by atomic mass is 10.1. The highest BCUT2D eigenvalue weighted by atomic mass is 35.5. The van der Waals surface area contributed by atoms with E-state index in [1.807, 2.05) is 60.9 Å². The highest BCUT2D eigenvalue weighted by Gasteiger charge is 2.15. The molecule has 0 atom stereocenters. The smallest absolute Gasteiger partial charge is 0.275 e. The summed E-state index contributed by atoms with van der Waals surface area (Å²) in [6.45, 7) is 3.88. The van der Waals surface area contributed by atoms with Crippen LogP contribution in [-0.2, 0) is 0 Å². The fourth-order valence-corrected chi connectivity index (χ4v) is 3.97. The van der Waals surface area contributed by atoms with E-state index < -0.39 is 5.91 Å². The van der Waals surface area contributed by atoms with Crippen molar-refractivity contribution in [1.29, 1.82) is 0 Å². The van der Waals surface area contributed by atoms with Gasteiger partial charge in [-0.15, -0.1) is 0 Å². The maximum absolute atomic E-state index is 12.5. The van der Waals surface area contributed by atoms with Gasteiger partial charge in [0.25, 0.3) is 5.91 Å². The molecule has 1 heterocycles. The zero-order valence-electron chi connectivity index (χ0n) is 16.9. The monoisotopic (exact) mass is 451 g/mol. The Morgan fingerprint density at radius 1 is 1.03 bits per heavy atom. The number of amides is 1. The summed E-state index contributed by atoms with van der Waals surface area (Å²) >= 11 is 12.5. The molecule has 0 bridgehead atoms. The summed E-state index contributed by atoms with van der Waals surface area (Å²) in [7, 11) is 0. The number of hydrogen-bond donors (Lipinski definition) is 2. The third-order valence-corrected chi connectivity index (χ3v) is 5.93. The molecule has 0 unspecified atom stereocenters. The molecule has 0 spiro atoms. The summed E-state index contributed by atoms with van der Waals surface area (Å²) in [6, 6.07) is 18.1. The van der Waals surface area contributed by atoms with Crippen molar-refractivity contribution in [2.45, 2.75) is 13.8 Å². The molecule has 3 aromatic carbocycles. The lowest BCUT2D eigenvalue weighted by molar-refractivity contribution is 0.0952. The standard InChI is InChI=1S/C24H19Cl2N3O2/c1-14-10-18(15(2)29(14)21-9-5-8-20(25)23(21)26)13-27-28-24(31)19-11-16-6-3-4-7-17(16)12-22(19)30/h3-13,30H,1-2H3,(H,28,31)/b27-13+. The predicted molar refractivity (Wildman–Crippen MR) is 126 cm³/mol. The van der Waals surface area contributed by atoms with Crippen LogP contribution in [0.5, 0.6) is 5.75 Å². The predicted octanol–water partition coefficient (Wildman–Crippen LogP) is 6.02. The number of fused-ring (bicyclic) bond motifs is 1. The minimum Gasteiger partial charge on any atom is -0.507 e. The molecule has 5 nitrogen and oxygen atoms in total. The molecule has 0 aliphatic rings. The minimum atomic E-state index is -0.494. The van der Waals surface area contributed by atoms with Crippen molar-refractivity contribution in [3.05, 3.63) is 93.2 Å². The van der Waals surface area contributed by atoms with Crippen molar-refractivity contribution in [2.24, 2.45) is 5.10 Å². The second-order valence-electron chi connectivity index (χ2n) is 7.15. The summed E-state index contributed by atoms with van der Waals surface area (Å²) in [6.07, 6.45) is 1.56. The van der Waals surface area contributed by atoms with Gasteiger partial charge in [-0.2, -0.15) is 5.10 Å². The van der Waals surface area contributed by atoms with Gasteiger partial charge in [-0.1, -0.05) is 53.5 Å². The van der Waals surface area contributed by atoms with E-state index in [-0.39, 0.29) is 11.3 Å². The largest absolute Gasteiger partial charge is 0.507 e. The molecule has 7 heteroatoms. The third kappa shape index (κ3) is 4.02. The van der Waals surface area contributed by atoms with Gasteiger partial charge < -0.3 is 9.67 Å². The summed E-state index contributed by atoms with van der Waals surface area (Å²) in [4.78, 5) is 12.5. The normalized spacial score (nSPS) is 11.4. The van der Waals surface area contributed by atoms with E-state index in [2.05, 4.69) is 10.5 Å². The molecule has 0 aliphatic carbocycles. The minimum absolute atomic E-state index is 0.0971. The molecule has 31 heavy (non-hydrogen) atoms. The molecular formula is C24H19Cl2N3O2. The van der Waals surface area contributed by atoms with Crippen LogP contribution in [0.2, 0.25) is 10.0 Å². The Hall–Kier alpha value is -3.28. The third-order valence-electron chi connectivity index (χ3n) is 5.12. The summed E-state index contributed by atoms with van der Waals surface area (Å²) in [5.41, 5.74) is 6.07. The number of hydrogen-bond acceptors (Lipinski definition) is 3. The second-order valence-corrected chi connectivity index (χ2v) is 7.94. The number of phenolic OH excluding ortho intramolecular Hbond substituents is 1. The number of benzene rings is 3. The number of nitrogens with zero attached hydrogens (tertiary/aromatic N) is 2. The van der Waals surface area contributed by atoms with Gasteiger partial charge in [0.05, 0.1) is 27.5 Å². The Morgan fingerprint density at radius 3 is 2.48 bits per heavy atom. The Labute approximate surface area is 189 Å². The maximum Gasteiger partial charge on any atom is 0.275 e. The highest BCUT2D eigenvalue weighted by Crippen LogP contribution is 2.31. The lowest BCUT2D eigenvalue weighted by Gasteiger charge is -2.12. The molecule has 156 valence electrons. The molecule has 0 saturated heterocycles. The molecule has 4 rings (SSSR count). The van der Waals surface area contributed by atoms with Gasteiger partial charge in [0.2, 0.25) is 0 Å². The van der Waals surface area contributed by atoms with Crippen molar-refractivity contribution in [1.82, 2.24) is 9.99 Å². The zero-order valence-corrected chi connectivity index (χ0v) is 18.4. The first-order valence-corrected chi connectivity index (χ1v) is 10.3. The number of carbonyl (C=O) groups excluding carboxylic acids is 1. The van der Waals surface area contributed by atoms with Gasteiger partial charge in [-0.3, -0.25) is 4.79 Å². The van der Waals surface area contributed by atoms with Crippen LogP contribution < -0.4 is 5.43 Å². The number of aryl methyl sites for hydroxylation is 1. The highest BCUT2D eigenvalue weighted by molar-refractivity contribution is 6.43. The maximum atomic E-state index is 12.5. The van der Waals surface area contributed by atoms with E-state index in [1.54, 1.807) is 24.4 Å². The average molecular weight is 452 g/mol. The van der Waals surface area contributed by atoms with Gasteiger partial charge in [0, 0.05) is 17.0 Å². The van der Waals surface area contributed by atoms with Gasteiger partial charge in [0.15, 0.2) is 0 Å². The summed E-state index contributed by atoms with van der Waals surface area (Å²) in [5.74, 6) is -0.591. The molecule has 0 aliphatic heterocycles. The van der Waals surface area contributed by atoms with E-state index in [9.17, 15) is 9.90 Å². The Bertz CT molecular complexity index is 1340. The number of phenols is 1.